The number of aromatic nitrogens is 1. The number of piperazine rings is 1. The molecule has 1 saturated carbocycles. The summed E-state index contributed by atoms with van der Waals surface area (Å²) in [7, 11) is 0. The van der Waals surface area contributed by atoms with Gasteiger partial charge in [-0.25, -0.2) is 4.98 Å². The Hall–Kier alpha value is -3.67. The van der Waals surface area contributed by atoms with E-state index in [1.165, 1.54) is 5.56 Å². The molecule has 0 unspecified atom stereocenters. The van der Waals surface area contributed by atoms with Crippen LogP contribution in [0.15, 0.2) is 79.0 Å². The number of benzene rings is 2. The Bertz CT molecular complexity index is 1180. The predicted octanol–water partition coefficient (Wildman–Crippen LogP) is 5.08. The molecule has 0 bridgehead atoms. The first-order chi connectivity index (χ1) is 18.5. The summed E-state index contributed by atoms with van der Waals surface area (Å²) >= 11 is 0. The van der Waals surface area contributed by atoms with Crippen LogP contribution in [0.1, 0.15) is 61.1 Å². The van der Waals surface area contributed by atoms with Gasteiger partial charge < -0.3 is 15.1 Å². The van der Waals surface area contributed by atoms with E-state index in [0.29, 0.717) is 32.4 Å². The fraction of sp³-hybridized carbons (Fsp3) is 0.406. The molecule has 5 rings (SSSR count). The first-order valence-electron chi connectivity index (χ1n) is 13.9. The molecule has 1 aliphatic carbocycles. The molecule has 3 aromatic rings. The fourth-order valence-electron chi connectivity index (χ4n) is 5.98. The summed E-state index contributed by atoms with van der Waals surface area (Å²) in [6.07, 6.45) is 6.59. The van der Waals surface area contributed by atoms with E-state index in [9.17, 15) is 9.59 Å². The van der Waals surface area contributed by atoms with Gasteiger partial charge in [-0.15, -0.1) is 0 Å². The molecule has 6 nitrogen and oxygen atoms in total. The van der Waals surface area contributed by atoms with Gasteiger partial charge in [0.25, 0.3) is 0 Å². The molecule has 6 heteroatoms. The molecule has 2 amide bonds. The van der Waals surface area contributed by atoms with Gasteiger partial charge in [0.15, 0.2) is 0 Å². The third kappa shape index (κ3) is 5.90. The normalized spacial score (nSPS) is 17.3. The smallest absolute Gasteiger partial charge is 0.248 e. The van der Waals surface area contributed by atoms with E-state index in [0.717, 1.165) is 49.3 Å². The van der Waals surface area contributed by atoms with Gasteiger partial charge in [0.05, 0.1) is 0 Å². The zero-order valence-corrected chi connectivity index (χ0v) is 22.3. The first kappa shape index (κ1) is 26.0. The summed E-state index contributed by atoms with van der Waals surface area (Å²) < 4.78 is 0. The molecule has 2 aromatic carbocycles. The average Bonchev–Trinajstić information content (AvgIpc) is 2.97. The summed E-state index contributed by atoms with van der Waals surface area (Å²) in [6.45, 7) is 4.85. The lowest BCUT2D eigenvalue weighted by atomic mass is 9.79. The van der Waals surface area contributed by atoms with Crippen LogP contribution in [0.25, 0.3) is 0 Å². The number of carbonyl (C=O) groups is 2. The Labute approximate surface area is 226 Å². The number of amides is 2. The molecule has 0 atom stereocenters. The summed E-state index contributed by atoms with van der Waals surface area (Å²) in [5.41, 5.74) is 2.59. The molecule has 2 heterocycles. The predicted molar refractivity (Wildman–Crippen MR) is 151 cm³/mol. The van der Waals surface area contributed by atoms with Crippen molar-refractivity contribution in [2.75, 3.05) is 31.1 Å². The molecule has 1 aromatic heterocycles. The maximum Gasteiger partial charge on any atom is 0.248 e. The summed E-state index contributed by atoms with van der Waals surface area (Å²) in [4.78, 5) is 36.4. The van der Waals surface area contributed by atoms with E-state index >= 15 is 0 Å². The minimum atomic E-state index is -0.809. The molecule has 38 heavy (non-hydrogen) atoms. The van der Waals surface area contributed by atoms with Gasteiger partial charge in [-0.1, -0.05) is 79.9 Å². The van der Waals surface area contributed by atoms with Crippen molar-refractivity contribution in [3.8, 4) is 0 Å². The number of carbonyl (C=O) groups excluding carboxylic acids is 2. The van der Waals surface area contributed by atoms with Crippen molar-refractivity contribution in [1.29, 1.82) is 0 Å². The number of rotatable bonds is 7. The van der Waals surface area contributed by atoms with E-state index in [1.54, 1.807) is 0 Å². The Morgan fingerprint density at radius 3 is 2.05 bits per heavy atom. The van der Waals surface area contributed by atoms with Gasteiger partial charge in [-0.2, -0.15) is 0 Å². The summed E-state index contributed by atoms with van der Waals surface area (Å²) in [6, 6.07) is 24.5. The standard InChI is InChI=1S/C32H38N4O2/c1-25-15-18-33-29(23-25)35-19-21-36(22-20-35)31(38)32(16-9-4-10-17-32)34-30(37)24-28(26-11-5-2-6-12-26)27-13-7-3-8-14-27/h2-3,5-8,11-15,18,23,28H,4,9-10,16-17,19-22,24H2,1H3,(H,34,37). The number of nitrogens with zero attached hydrogens (tertiary/aromatic N) is 3. The van der Waals surface area contributed by atoms with Gasteiger partial charge in [0.1, 0.15) is 11.4 Å². The van der Waals surface area contributed by atoms with Crippen LogP contribution in [0, 0.1) is 6.92 Å². The highest BCUT2D eigenvalue weighted by atomic mass is 16.2. The van der Waals surface area contributed by atoms with Crippen LogP contribution in [0.3, 0.4) is 0 Å². The number of pyridine rings is 1. The highest BCUT2D eigenvalue weighted by Gasteiger charge is 2.44. The minimum absolute atomic E-state index is 0.0550. The zero-order chi connectivity index (χ0) is 26.4. The minimum Gasteiger partial charge on any atom is -0.353 e. The monoisotopic (exact) mass is 510 g/mol. The van der Waals surface area contributed by atoms with E-state index < -0.39 is 5.54 Å². The number of hydrogen-bond donors (Lipinski definition) is 1. The lowest BCUT2D eigenvalue weighted by Crippen LogP contribution is -2.63. The molecule has 1 aliphatic heterocycles. The quantitative estimate of drug-likeness (QED) is 0.481. The van der Waals surface area contributed by atoms with Crippen molar-refractivity contribution >= 4 is 17.6 Å². The van der Waals surface area contributed by atoms with Crippen LogP contribution in [-0.4, -0.2) is 53.4 Å². The van der Waals surface area contributed by atoms with E-state index in [2.05, 4.69) is 52.5 Å². The van der Waals surface area contributed by atoms with Crippen molar-refractivity contribution in [3.05, 3.63) is 95.7 Å². The Kier molecular flexibility index (Phi) is 8.06. The Balaban J connectivity index is 1.29. The van der Waals surface area contributed by atoms with E-state index in [1.807, 2.05) is 53.6 Å². The number of anilines is 1. The molecular formula is C32H38N4O2. The Morgan fingerprint density at radius 1 is 0.868 bits per heavy atom. The van der Waals surface area contributed by atoms with Crippen molar-refractivity contribution < 1.29 is 9.59 Å². The van der Waals surface area contributed by atoms with Crippen LogP contribution in [0.4, 0.5) is 5.82 Å². The molecular weight excluding hydrogens is 472 g/mol. The van der Waals surface area contributed by atoms with E-state index in [4.69, 9.17) is 0 Å². The Morgan fingerprint density at radius 2 is 1.47 bits per heavy atom. The topological polar surface area (TPSA) is 65.5 Å². The third-order valence-corrected chi connectivity index (χ3v) is 8.08. The largest absolute Gasteiger partial charge is 0.353 e. The van der Waals surface area contributed by atoms with Gasteiger partial charge in [0, 0.05) is 44.7 Å². The molecule has 0 radical (unpaired) electrons. The lowest BCUT2D eigenvalue weighted by molar-refractivity contribution is -0.143. The highest BCUT2D eigenvalue weighted by molar-refractivity contribution is 5.92. The molecule has 1 N–H and O–H groups in total. The molecule has 198 valence electrons. The second-order valence-corrected chi connectivity index (χ2v) is 10.7. The van der Waals surface area contributed by atoms with Crippen LogP contribution in [0.5, 0.6) is 0 Å². The first-order valence-corrected chi connectivity index (χ1v) is 13.9. The van der Waals surface area contributed by atoms with Crippen LogP contribution < -0.4 is 10.2 Å². The van der Waals surface area contributed by atoms with E-state index in [-0.39, 0.29) is 17.7 Å². The molecule has 0 spiro atoms. The van der Waals surface area contributed by atoms with Crippen molar-refractivity contribution in [1.82, 2.24) is 15.2 Å². The lowest BCUT2D eigenvalue weighted by Gasteiger charge is -2.43. The van der Waals surface area contributed by atoms with Crippen LogP contribution in [0.2, 0.25) is 0 Å². The second-order valence-electron chi connectivity index (χ2n) is 10.7. The van der Waals surface area contributed by atoms with Crippen molar-refractivity contribution in [3.63, 3.8) is 0 Å². The molecule has 2 fully saturated rings. The van der Waals surface area contributed by atoms with Gasteiger partial charge in [0.2, 0.25) is 11.8 Å². The van der Waals surface area contributed by atoms with Crippen LogP contribution >= 0.6 is 0 Å². The SMILES string of the molecule is Cc1ccnc(N2CCN(C(=O)C3(NC(=O)CC(c4ccccc4)c4ccccc4)CCCCC3)CC2)c1. The molecule has 2 aliphatic rings. The zero-order valence-electron chi connectivity index (χ0n) is 22.3. The second kappa shape index (κ2) is 11.8. The van der Waals surface area contributed by atoms with Gasteiger partial charge in [-0.05, 0) is 48.6 Å². The number of aryl methyl sites for hydroxylation is 1. The molecule has 1 saturated heterocycles. The highest BCUT2D eigenvalue weighted by Crippen LogP contribution is 2.33. The van der Waals surface area contributed by atoms with Gasteiger partial charge >= 0.3 is 0 Å². The van der Waals surface area contributed by atoms with Crippen LogP contribution in [-0.2, 0) is 9.59 Å². The fourth-order valence-corrected chi connectivity index (χ4v) is 5.98. The third-order valence-electron chi connectivity index (χ3n) is 8.08. The van der Waals surface area contributed by atoms with Crippen molar-refractivity contribution in [2.45, 2.75) is 56.9 Å². The summed E-state index contributed by atoms with van der Waals surface area (Å²) in [5, 5.41) is 3.29. The number of nitrogens with one attached hydrogen (secondary N) is 1. The summed E-state index contributed by atoms with van der Waals surface area (Å²) in [5.74, 6) is 0.933. The van der Waals surface area contributed by atoms with Gasteiger partial charge in [-0.3, -0.25) is 9.59 Å². The maximum atomic E-state index is 14.0. The number of hydrogen-bond acceptors (Lipinski definition) is 4. The average molecular weight is 511 g/mol. The van der Waals surface area contributed by atoms with Crippen molar-refractivity contribution in [2.24, 2.45) is 0 Å². The maximum absolute atomic E-state index is 14.0.